The first-order valence-corrected chi connectivity index (χ1v) is 6.39. The SMILES string of the molecule is CCC(O)c1noc(CCOc2cccc(C)c2)n1. The minimum atomic E-state index is -0.657. The summed E-state index contributed by atoms with van der Waals surface area (Å²) in [5.74, 6) is 1.65. The van der Waals surface area contributed by atoms with Crippen molar-refractivity contribution in [1.29, 1.82) is 0 Å². The van der Waals surface area contributed by atoms with Gasteiger partial charge in [-0.3, -0.25) is 0 Å². The molecule has 0 radical (unpaired) electrons. The predicted molar refractivity (Wildman–Crippen MR) is 69.9 cm³/mol. The van der Waals surface area contributed by atoms with Gasteiger partial charge in [0.05, 0.1) is 13.0 Å². The van der Waals surface area contributed by atoms with Crippen molar-refractivity contribution in [2.45, 2.75) is 32.8 Å². The highest BCUT2D eigenvalue weighted by Crippen LogP contribution is 2.14. The molecule has 0 amide bonds. The quantitative estimate of drug-likeness (QED) is 0.866. The second kappa shape index (κ2) is 6.33. The van der Waals surface area contributed by atoms with Crippen LogP contribution in [0.2, 0.25) is 0 Å². The summed E-state index contributed by atoms with van der Waals surface area (Å²) >= 11 is 0. The molecule has 0 fully saturated rings. The van der Waals surface area contributed by atoms with Gasteiger partial charge in [0.25, 0.3) is 0 Å². The van der Waals surface area contributed by atoms with Crippen LogP contribution in [-0.2, 0) is 6.42 Å². The topological polar surface area (TPSA) is 68.4 Å². The second-order valence-corrected chi connectivity index (χ2v) is 4.39. The van der Waals surface area contributed by atoms with E-state index in [-0.39, 0.29) is 0 Å². The first kappa shape index (κ1) is 13.5. The summed E-state index contributed by atoms with van der Waals surface area (Å²) in [5.41, 5.74) is 1.16. The Kier molecular flexibility index (Phi) is 4.52. The number of benzene rings is 1. The first-order valence-electron chi connectivity index (χ1n) is 6.39. The van der Waals surface area contributed by atoms with E-state index in [1.165, 1.54) is 0 Å². The van der Waals surface area contributed by atoms with E-state index >= 15 is 0 Å². The molecule has 0 aliphatic carbocycles. The molecule has 1 aromatic heterocycles. The fourth-order valence-corrected chi connectivity index (χ4v) is 1.65. The number of rotatable bonds is 6. The van der Waals surface area contributed by atoms with Crippen LogP contribution in [0, 0.1) is 6.92 Å². The Morgan fingerprint density at radius 1 is 1.42 bits per heavy atom. The zero-order chi connectivity index (χ0) is 13.7. The highest BCUT2D eigenvalue weighted by molar-refractivity contribution is 5.27. The number of hydrogen-bond acceptors (Lipinski definition) is 5. The number of hydrogen-bond donors (Lipinski definition) is 1. The van der Waals surface area contributed by atoms with Crippen molar-refractivity contribution in [2.24, 2.45) is 0 Å². The van der Waals surface area contributed by atoms with Crippen molar-refractivity contribution in [1.82, 2.24) is 10.1 Å². The van der Waals surface area contributed by atoms with Gasteiger partial charge in [-0.05, 0) is 31.0 Å². The molecule has 2 rings (SSSR count). The van der Waals surface area contributed by atoms with Gasteiger partial charge in [0, 0.05) is 0 Å². The van der Waals surface area contributed by atoms with Crippen LogP contribution >= 0.6 is 0 Å². The van der Waals surface area contributed by atoms with Gasteiger partial charge in [-0.2, -0.15) is 4.98 Å². The molecule has 1 unspecified atom stereocenters. The molecule has 2 aromatic rings. The summed E-state index contributed by atoms with van der Waals surface area (Å²) in [6.07, 6.45) is 0.436. The van der Waals surface area contributed by atoms with E-state index in [1.54, 1.807) is 0 Å². The average Bonchev–Trinajstić information content (AvgIpc) is 2.87. The van der Waals surface area contributed by atoms with E-state index in [1.807, 2.05) is 38.1 Å². The van der Waals surface area contributed by atoms with Crippen LogP contribution in [0.15, 0.2) is 28.8 Å². The van der Waals surface area contributed by atoms with Gasteiger partial charge in [0.15, 0.2) is 5.82 Å². The molecule has 1 N–H and O–H groups in total. The average molecular weight is 262 g/mol. The lowest BCUT2D eigenvalue weighted by Gasteiger charge is -2.04. The number of aryl methyl sites for hydroxylation is 1. The zero-order valence-corrected chi connectivity index (χ0v) is 11.2. The van der Waals surface area contributed by atoms with Crippen molar-refractivity contribution in [3.05, 3.63) is 41.5 Å². The highest BCUT2D eigenvalue weighted by Gasteiger charge is 2.13. The maximum absolute atomic E-state index is 9.56. The van der Waals surface area contributed by atoms with Crippen LogP contribution < -0.4 is 4.74 Å². The number of ether oxygens (including phenoxy) is 1. The molecule has 19 heavy (non-hydrogen) atoms. The summed E-state index contributed by atoms with van der Waals surface area (Å²) in [7, 11) is 0. The summed E-state index contributed by atoms with van der Waals surface area (Å²) in [4.78, 5) is 4.12. The van der Waals surface area contributed by atoms with E-state index in [0.717, 1.165) is 11.3 Å². The van der Waals surface area contributed by atoms with Crippen molar-refractivity contribution in [3.63, 3.8) is 0 Å². The third-order valence-corrected chi connectivity index (χ3v) is 2.74. The van der Waals surface area contributed by atoms with Gasteiger partial charge in [-0.25, -0.2) is 0 Å². The molecule has 0 spiro atoms. The molecule has 0 saturated carbocycles. The Hall–Kier alpha value is -1.88. The Balaban J connectivity index is 1.84. The minimum Gasteiger partial charge on any atom is -0.493 e. The Morgan fingerprint density at radius 3 is 3.00 bits per heavy atom. The lowest BCUT2D eigenvalue weighted by molar-refractivity contribution is 0.159. The van der Waals surface area contributed by atoms with Gasteiger partial charge >= 0.3 is 0 Å². The Bertz CT molecular complexity index is 525. The van der Waals surface area contributed by atoms with E-state index < -0.39 is 6.10 Å². The van der Waals surface area contributed by atoms with Crippen LogP contribution in [-0.4, -0.2) is 21.9 Å². The molecule has 0 saturated heterocycles. The van der Waals surface area contributed by atoms with Crippen LogP contribution in [0.3, 0.4) is 0 Å². The van der Waals surface area contributed by atoms with E-state index in [0.29, 0.717) is 31.2 Å². The van der Waals surface area contributed by atoms with Crippen molar-refractivity contribution >= 4 is 0 Å². The van der Waals surface area contributed by atoms with Crippen LogP contribution in [0.1, 0.15) is 36.7 Å². The number of aromatic nitrogens is 2. The Morgan fingerprint density at radius 2 is 2.26 bits per heavy atom. The minimum absolute atomic E-state index is 0.341. The van der Waals surface area contributed by atoms with Crippen LogP contribution in [0.5, 0.6) is 5.75 Å². The van der Waals surface area contributed by atoms with Gasteiger partial charge in [0.1, 0.15) is 11.9 Å². The molecule has 102 valence electrons. The standard InChI is InChI=1S/C14H18N2O3/c1-3-12(17)14-15-13(19-16-14)7-8-18-11-6-4-5-10(2)9-11/h4-6,9,12,17H,3,7-8H2,1-2H3. The third-order valence-electron chi connectivity index (χ3n) is 2.74. The number of aliphatic hydroxyl groups is 1. The molecule has 0 aliphatic rings. The number of nitrogens with zero attached hydrogens (tertiary/aromatic N) is 2. The van der Waals surface area contributed by atoms with Crippen molar-refractivity contribution in [2.75, 3.05) is 6.61 Å². The monoisotopic (exact) mass is 262 g/mol. The molecular formula is C14H18N2O3. The largest absolute Gasteiger partial charge is 0.493 e. The summed E-state index contributed by atoms with van der Waals surface area (Å²) < 4.78 is 10.6. The summed E-state index contributed by atoms with van der Waals surface area (Å²) in [6, 6.07) is 7.85. The van der Waals surface area contributed by atoms with E-state index in [9.17, 15) is 5.11 Å². The second-order valence-electron chi connectivity index (χ2n) is 4.39. The summed E-state index contributed by atoms with van der Waals surface area (Å²) in [6.45, 7) is 4.35. The van der Waals surface area contributed by atoms with E-state index in [2.05, 4.69) is 10.1 Å². The van der Waals surface area contributed by atoms with Crippen LogP contribution in [0.4, 0.5) is 0 Å². The fraction of sp³-hybridized carbons (Fsp3) is 0.429. The predicted octanol–water partition coefficient (Wildman–Crippen LogP) is 2.44. The van der Waals surface area contributed by atoms with Crippen molar-refractivity contribution in [3.8, 4) is 5.75 Å². The van der Waals surface area contributed by atoms with Crippen LogP contribution in [0.25, 0.3) is 0 Å². The first-order chi connectivity index (χ1) is 9.19. The molecule has 1 aromatic carbocycles. The van der Waals surface area contributed by atoms with Gasteiger partial charge in [-0.15, -0.1) is 0 Å². The van der Waals surface area contributed by atoms with Crippen molar-refractivity contribution < 1.29 is 14.4 Å². The smallest absolute Gasteiger partial charge is 0.230 e. The molecule has 5 heteroatoms. The Labute approximate surface area is 112 Å². The van der Waals surface area contributed by atoms with Gasteiger partial charge in [-0.1, -0.05) is 24.2 Å². The lowest BCUT2D eigenvalue weighted by atomic mass is 10.2. The number of aliphatic hydroxyl groups excluding tert-OH is 1. The summed E-state index contributed by atoms with van der Waals surface area (Å²) in [5, 5.41) is 13.3. The molecule has 1 atom stereocenters. The molecule has 0 aliphatic heterocycles. The highest BCUT2D eigenvalue weighted by atomic mass is 16.5. The maximum Gasteiger partial charge on any atom is 0.230 e. The molecular weight excluding hydrogens is 244 g/mol. The molecule has 1 heterocycles. The van der Waals surface area contributed by atoms with E-state index in [4.69, 9.17) is 9.26 Å². The molecule has 0 bridgehead atoms. The van der Waals surface area contributed by atoms with Gasteiger partial charge < -0.3 is 14.4 Å². The zero-order valence-electron chi connectivity index (χ0n) is 11.2. The fourth-order valence-electron chi connectivity index (χ4n) is 1.65. The normalized spacial score (nSPS) is 12.4. The molecule has 5 nitrogen and oxygen atoms in total. The lowest BCUT2D eigenvalue weighted by Crippen LogP contribution is -2.02. The third kappa shape index (κ3) is 3.79. The maximum atomic E-state index is 9.56. The van der Waals surface area contributed by atoms with Gasteiger partial charge in [0.2, 0.25) is 5.89 Å².